The first kappa shape index (κ1) is 16.2. The quantitative estimate of drug-likeness (QED) is 0.852. The Balaban J connectivity index is 2.12. The van der Waals surface area contributed by atoms with E-state index in [1.165, 1.54) is 0 Å². The van der Waals surface area contributed by atoms with E-state index in [1.807, 2.05) is 36.4 Å². The molecule has 0 radical (unpaired) electrons. The molecule has 23 heavy (non-hydrogen) atoms. The normalized spacial score (nSPS) is 25.2. The van der Waals surface area contributed by atoms with E-state index in [2.05, 4.69) is 0 Å². The van der Waals surface area contributed by atoms with Crippen molar-refractivity contribution in [3.8, 4) is 0 Å². The van der Waals surface area contributed by atoms with Crippen molar-refractivity contribution < 1.29 is 13.2 Å². The van der Waals surface area contributed by atoms with E-state index < -0.39 is 20.7 Å². The topological polar surface area (TPSA) is 43.4 Å². The summed E-state index contributed by atoms with van der Waals surface area (Å²) in [4.78, 5) is 0.379. The van der Waals surface area contributed by atoms with Gasteiger partial charge in [-0.15, -0.1) is 0 Å². The van der Waals surface area contributed by atoms with Crippen molar-refractivity contribution in [2.24, 2.45) is 0 Å². The van der Waals surface area contributed by atoms with Crippen molar-refractivity contribution >= 4 is 9.84 Å². The van der Waals surface area contributed by atoms with E-state index in [-0.39, 0.29) is 0 Å². The lowest BCUT2D eigenvalue weighted by Gasteiger charge is -2.43. The van der Waals surface area contributed by atoms with Crippen molar-refractivity contribution in [3.05, 3.63) is 66.2 Å². The average molecular weight is 330 g/mol. The second-order valence-corrected chi connectivity index (χ2v) is 8.18. The zero-order chi connectivity index (χ0) is 16.3. The number of hydrogen-bond donors (Lipinski definition) is 0. The predicted octanol–water partition coefficient (Wildman–Crippen LogP) is 3.94. The van der Waals surface area contributed by atoms with E-state index in [9.17, 15) is 8.42 Å². The number of ether oxygens (including phenoxy) is 1. The van der Waals surface area contributed by atoms with Gasteiger partial charge in [0.05, 0.1) is 10.1 Å². The first-order chi connectivity index (χ1) is 11.1. The lowest BCUT2D eigenvalue weighted by Crippen LogP contribution is -2.48. The maximum Gasteiger partial charge on any atom is 0.184 e. The standard InChI is InChI=1S/C19H22O3S/c1-22-19(16-10-4-2-5-11-16)15-9-8-14-18(19)23(20,21)17-12-6-3-7-13-17/h2-7,10-13,18H,8-9,14-15H2,1H3. The summed E-state index contributed by atoms with van der Waals surface area (Å²) in [5.74, 6) is 0. The van der Waals surface area contributed by atoms with E-state index in [0.717, 1.165) is 24.8 Å². The van der Waals surface area contributed by atoms with Gasteiger partial charge in [0, 0.05) is 7.11 Å². The minimum atomic E-state index is -3.45. The maximum absolute atomic E-state index is 13.3. The summed E-state index contributed by atoms with van der Waals surface area (Å²) in [7, 11) is -1.82. The third-order valence-corrected chi connectivity index (χ3v) is 7.15. The largest absolute Gasteiger partial charge is 0.372 e. The molecule has 1 aliphatic carbocycles. The van der Waals surface area contributed by atoms with Crippen LogP contribution in [0.5, 0.6) is 0 Å². The Hall–Kier alpha value is -1.65. The highest BCUT2D eigenvalue weighted by Crippen LogP contribution is 2.45. The smallest absolute Gasteiger partial charge is 0.184 e. The molecular formula is C19H22O3S. The summed E-state index contributed by atoms with van der Waals surface area (Å²) in [5, 5.41) is -0.557. The number of rotatable bonds is 4. The summed E-state index contributed by atoms with van der Waals surface area (Å²) in [6.07, 6.45) is 3.24. The molecule has 0 heterocycles. The summed E-state index contributed by atoms with van der Waals surface area (Å²) in [5.41, 5.74) is 0.181. The molecule has 0 amide bonds. The minimum absolute atomic E-state index is 0.379. The van der Waals surface area contributed by atoms with Crippen molar-refractivity contribution in [1.29, 1.82) is 0 Å². The van der Waals surface area contributed by atoms with Gasteiger partial charge in [-0.3, -0.25) is 0 Å². The van der Waals surface area contributed by atoms with Crippen LogP contribution in [0.15, 0.2) is 65.6 Å². The molecule has 2 unspecified atom stereocenters. The van der Waals surface area contributed by atoms with Crippen LogP contribution >= 0.6 is 0 Å². The molecule has 0 aliphatic heterocycles. The Kier molecular flexibility index (Phi) is 4.55. The minimum Gasteiger partial charge on any atom is -0.372 e. The summed E-state index contributed by atoms with van der Waals surface area (Å²) < 4.78 is 32.4. The molecule has 0 bridgehead atoms. The van der Waals surface area contributed by atoms with Crippen molar-refractivity contribution in [2.45, 2.75) is 41.4 Å². The van der Waals surface area contributed by atoms with Crippen molar-refractivity contribution in [2.75, 3.05) is 7.11 Å². The summed E-state index contributed by atoms with van der Waals surface area (Å²) >= 11 is 0. The lowest BCUT2D eigenvalue weighted by atomic mass is 9.79. The third kappa shape index (κ3) is 2.81. The van der Waals surface area contributed by atoms with Crippen LogP contribution in [0.1, 0.15) is 31.2 Å². The zero-order valence-electron chi connectivity index (χ0n) is 13.3. The van der Waals surface area contributed by atoms with Gasteiger partial charge in [0.25, 0.3) is 0 Å². The van der Waals surface area contributed by atoms with Gasteiger partial charge in [0.1, 0.15) is 5.60 Å². The lowest BCUT2D eigenvalue weighted by molar-refractivity contribution is -0.0408. The molecule has 3 nitrogen and oxygen atoms in total. The molecular weight excluding hydrogens is 308 g/mol. The molecule has 0 spiro atoms. The molecule has 0 aromatic heterocycles. The number of sulfone groups is 1. The monoisotopic (exact) mass is 330 g/mol. The molecule has 1 aliphatic rings. The van der Waals surface area contributed by atoms with Crippen LogP contribution in [0, 0.1) is 0 Å². The number of benzene rings is 2. The van der Waals surface area contributed by atoms with Gasteiger partial charge < -0.3 is 4.74 Å². The predicted molar refractivity (Wildman–Crippen MR) is 91.0 cm³/mol. The molecule has 1 saturated carbocycles. The molecule has 2 atom stereocenters. The molecule has 0 saturated heterocycles. The van der Waals surface area contributed by atoms with Crippen LogP contribution in [-0.4, -0.2) is 20.8 Å². The number of methoxy groups -OCH3 is 1. The molecule has 2 aromatic carbocycles. The van der Waals surface area contributed by atoms with Gasteiger partial charge in [0.15, 0.2) is 9.84 Å². The van der Waals surface area contributed by atoms with Crippen LogP contribution < -0.4 is 0 Å². The molecule has 3 rings (SSSR count). The van der Waals surface area contributed by atoms with E-state index in [0.29, 0.717) is 11.3 Å². The highest BCUT2D eigenvalue weighted by atomic mass is 32.2. The fourth-order valence-electron chi connectivity index (χ4n) is 3.69. The molecule has 0 N–H and O–H groups in total. The second-order valence-electron chi connectivity index (χ2n) is 6.05. The Labute approximate surface area is 138 Å². The van der Waals surface area contributed by atoms with E-state index >= 15 is 0 Å². The Morgan fingerprint density at radius 3 is 2.17 bits per heavy atom. The SMILES string of the molecule is COC1(c2ccccc2)CCCCC1S(=O)(=O)c1ccccc1. The average Bonchev–Trinajstić information content (AvgIpc) is 2.63. The van der Waals surface area contributed by atoms with Gasteiger partial charge in [-0.25, -0.2) is 8.42 Å². The van der Waals surface area contributed by atoms with E-state index in [1.54, 1.807) is 31.4 Å². The first-order valence-corrected chi connectivity index (χ1v) is 9.55. The van der Waals surface area contributed by atoms with Crippen molar-refractivity contribution in [1.82, 2.24) is 0 Å². The van der Waals surface area contributed by atoms with E-state index in [4.69, 9.17) is 4.74 Å². The summed E-state index contributed by atoms with van der Waals surface area (Å²) in [6.45, 7) is 0. The molecule has 2 aromatic rings. The van der Waals surface area contributed by atoms with Crippen molar-refractivity contribution in [3.63, 3.8) is 0 Å². The van der Waals surface area contributed by atoms with Crippen LogP contribution in [-0.2, 0) is 20.2 Å². The highest BCUT2D eigenvalue weighted by molar-refractivity contribution is 7.92. The van der Waals surface area contributed by atoms with Gasteiger partial charge in [-0.1, -0.05) is 61.4 Å². The number of hydrogen-bond acceptors (Lipinski definition) is 3. The van der Waals surface area contributed by atoms with Gasteiger partial charge in [-0.2, -0.15) is 0 Å². The van der Waals surface area contributed by atoms with Gasteiger partial charge in [-0.05, 0) is 30.5 Å². The Morgan fingerprint density at radius 2 is 1.57 bits per heavy atom. The van der Waals surface area contributed by atoms with Crippen LogP contribution in [0.2, 0.25) is 0 Å². The van der Waals surface area contributed by atoms with Crippen LogP contribution in [0.3, 0.4) is 0 Å². The van der Waals surface area contributed by atoms with Crippen LogP contribution in [0.4, 0.5) is 0 Å². The summed E-state index contributed by atoms with van der Waals surface area (Å²) in [6, 6.07) is 18.5. The first-order valence-electron chi connectivity index (χ1n) is 8.01. The maximum atomic E-state index is 13.3. The fraction of sp³-hybridized carbons (Fsp3) is 0.368. The van der Waals surface area contributed by atoms with Gasteiger partial charge in [0.2, 0.25) is 0 Å². The fourth-order valence-corrected chi connectivity index (χ4v) is 5.89. The highest BCUT2D eigenvalue weighted by Gasteiger charge is 2.49. The third-order valence-electron chi connectivity index (χ3n) is 4.86. The van der Waals surface area contributed by atoms with Gasteiger partial charge >= 0.3 is 0 Å². The van der Waals surface area contributed by atoms with Crippen LogP contribution in [0.25, 0.3) is 0 Å². The second kappa shape index (κ2) is 6.46. The Bertz CT molecular complexity index is 741. The molecule has 122 valence electrons. The Morgan fingerprint density at radius 1 is 0.957 bits per heavy atom. The zero-order valence-corrected chi connectivity index (χ0v) is 14.1. The molecule has 4 heteroatoms. The molecule has 1 fully saturated rings.